The van der Waals surface area contributed by atoms with Crippen molar-refractivity contribution in [3.8, 4) is 5.75 Å². The van der Waals surface area contributed by atoms with Crippen LogP contribution in [0.3, 0.4) is 0 Å². The third-order valence-electron chi connectivity index (χ3n) is 4.37. The zero-order chi connectivity index (χ0) is 21.9. The van der Waals surface area contributed by atoms with Gasteiger partial charge in [0.25, 0.3) is 0 Å². The van der Waals surface area contributed by atoms with Crippen LogP contribution in [-0.4, -0.2) is 22.1 Å². The van der Waals surface area contributed by atoms with Gasteiger partial charge in [0.15, 0.2) is 17.3 Å². The van der Waals surface area contributed by atoms with Crippen LogP contribution in [0, 0.1) is 12.7 Å². The number of nitrogens with zero attached hydrogens (tertiary/aromatic N) is 1. The first-order valence-electron chi connectivity index (χ1n) is 8.82. The first kappa shape index (κ1) is 21.2. The molecular formula is C21H16F4N2O3. The summed E-state index contributed by atoms with van der Waals surface area (Å²) in [5.74, 6) is -3.25. The summed E-state index contributed by atoms with van der Waals surface area (Å²) in [5, 5.41) is 0. The lowest BCUT2D eigenvalue weighted by Gasteiger charge is -2.18. The van der Waals surface area contributed by atoms with Crippen LogP contribution < -0.4 is 10.3 Å². The number of alkyl halides is 3. The van der Waals surface area contributed by atoms with E-state index in [0.717, 1.165) is 17.7 Å². The number of benzene rings is 1. The molecule has 0 fully saturated rings. The molecular weight excluding hydrogens is 404 g/mol. The summed E-state index contributed by atoms with van der Waals surface area (Å²) in [7, 11) is 0. The second-order valence-electron chi connectivity index (χ2n) is 6.62. The SMILES string of the molecule is Cc1ccc(C(CC(=O)c2ccc(=O)[nH]c2)c2ccc(OC(F)(F)F)c(F)c2)nc1. The van der Waals surface area contributed by atoms with E-state index in [9.17, 15) is 27.2 Å². The Kier molecular flexibility index (Phi) is 6.00. The number of hydrogen-bond acceptors (Lipinski definition) is 4. The monoisotopic (exact) mass is 420 g/mol. The van der Waals surface area contributed by atoms with E-state index >= 15 is 0 Å². The number of aromatic amines is 1. The van der Waals surface area contributed by atoms with E-state index in [1.165, 1.54) is 24.4 Å². The lowest BCUT2D eigenvalue weighted by Crippen LogP contribution is -2.18. The Hall–Kier alpha value is -3.49. The van der Waals surface area contributed by atoms with Gasteiger partial charge in [-0.15, -0.1) is 13.2 Å². The van der Waals surface area contributed by atoms with E-state index in [0.29, 0.717) is 5.69 Å². The highest BCUT2D eigenvalue weighted by Crippen LogP contribution is 2.33. The molecule has 2 aromatic heterocycles. The summed E-state index contributed by atoms with van der Waals surface area (Å²) >= 11 is 0. The van der Waals surface area contributed by atoms with Crippen molar-refractivity contribution in [3.05, 3.63) is 93.4 Å². The fourth-order valence-electron chi connectivity index (χ4n) is 2.91. The van der Waals surface area contributed by atoms with Gasteiger partial charge in [-0.3, -0.25) is 14.6 Å². The van der Waals surface area contributed by atoms with Gasteiger partial charge in [-0.25, -0.2) is 4.39 Å². The molecule has 0 aliphatic rings. The van der Waals surface area contributed by atoms with Crippen molar-refractivity contribution in [2.45, 2.75) is 25.6 Å². The number of pyridine rings is 2. The molecule has 9 heteroatoms. The van der Waals surface area contributed by atoms with Crippen LogP contribution >= 0.6 is 0 Å². The number of H-pyrrole nitrogens is 1. The predicted molar refractivity (Wildman–Crippen MR) is 99.9 cm³/mol. The molecule has 3 aromatic rings. The van der Waals surface area contributed by atoms with Gasteiger partial charge < -0.3 is 9.72 Å². The molecule has 1 N–H and O–H groups in total. The van der Waals surface area contributed by atoms with Crippen molar-refractivity contribution >= 4 is 5.78 Å². The quantitative estimate of drug-likeness (QED) is 0.470. The van der Waals surface area contributed by atoms with Crippen LogP contribution in [0.4, 0.5) is 17.6 Å². The molecule has 0 aliphatic carbocycles. The van der Waals surface area contributed by atoms with Crippen LogP contribution in [0.1, 0.15) is 39.5 Å². The maximum absolute atomic E-state index is 14.3. The van der Waals surface area contributed by atoms with Crippen LogP contribution in [0.15, 0.2) is 59.7 Å². The Morgan fingerprint density at radius 1 is 1.17 bits per heavy atom. The van der Waals surface area contributed by atoms with Crippen LogP contribution in [0.5, 0.6) is 5.75 Å². The molecule has 0 aliphatic heterocycles. The fourth-order valence-corrected chi connectivity index (χ4v) is 2.91. The summed E-state index contributed by atoms with van der Waals surface area (Å²) in [4.78, 5) is 30.6. The highest BCUT2D eigenvalue weighted by molar-refractivity contribution is 5.96. The standard InChI is InChI=1S/C21H16F4N2O3/c1-12-2-5-17(26-10-12)15(9-18(28)14-4-7-20(29)27-11-14)13-3-6-19(16(22)8-13)30-21(23,24)25/h2-8,10-11,15H,9H2,1H3,(H,27,29). The molecule has 0 saturated heterocycles. The normalized spacial score (nSPS) is 12.4. The Morgan fingerprint density at radius 3 is 2.50 bits per heavy atom. The highest BCUT2D eigenvalue weighted by atomic mass is 19.4. The zero-order valence-corrected chi connectivity index (χ0v) is 15.7. The van der Waals surface area contributed by atoms with Gasteiger partial charge in [-0.2, -0.15) is 0 Å². The largest absolute Gasteiger partial charge is 0.573 e. The van der Waals surface area contributed by atoms with Gasteiger partial charge in [-0.05, 0) is 42.3 Å². The molecule has 0 bridgehead atoms. The molecule has 0 saturated carbocycles. The van der Waals surface area contributed by atoms with E-state index in [1.54, 1.807) is 18.3 Å². The number of carbonyl (C=O) groups is 1. The second kappa shape index (κ2) is 8.48. The van der Waals surface area contributed by atoms with E-state index in [-0.39, 0.29) is 28.9 Å². The Bertz CT molecular complexity index is 1090. The van der Waals surface area contributed by atoms with Gasteiger partial charge in [0.2, 0.25) is 5.56 Å². The number of ketones is 1. The van der Waals surface area contributed by atoms with Gasteiger partial charge in [0.1, 0.15) is 0 Å². The van der Waals surface area contributed by atoms with Gasteiger partial charge in [0.05, 0.1) is 0 Å². The topological polar surface area (TPSA) is 72.0 Å². The van der Waals surface area contributed by atoms with Gasteiger partial charge in [0, 0.05) is 42.1 Å². The summed E-state index contributed by atoms with van der Waals surface area (Å²) in [5.41, 5.74) is 1.44. The second-order valence-corrected chi connectivity index (χ2v) is 6.62. The number of nitrogens with one attached hydrogen (secondary N) is 1. The van der Waals surface area contributed by atoms with E-state index in [4.69, 9.17) is 0 Å². The Morgan fingerprint density at radius 2 is 1.93 bits per heavy atom. The number of Topliss-reactive ketones (excluding diaryl/α,β-unsaturated/α-hetero) is 1. The van der Waals surface area contributed by atoms with Crippen molar-refractivity contribution in [2.75, 3.05) is 0 Å². The minimum atomic E-state index is -5.03. The van der Waals surface area contributed by atoms with Crippen molar-refractivity contribution in [1.82, 2.24) is 9.97 Å². The van der Waals surface area contributed by atoms with Crippen molar-refractivity contribution in [3.63, 3.8) is 0 Å². The molecule has 2 heterocycles. The first-order valence-corrected chi connectivity index (χ1v) is 8.82. The molecule has 1 aromatic carbocycles. The van der Waals surface area contributed by atoms with Crippen LogP contribution in [-0.2, 0) is 0 Å². The minimum Gasteiger partial charge on any atom is -0.403 e. The summed E-state index contributed by atoms with van der Waals surface area (Å²) in [6.45, 7) is 1.82. The maximum atomic E-state index is 14.3. The number of aromatic nitrogens is 2. The van der Waals surface area contributed by atoms with Gasteiger partial charge >= 0.3 is 6.36 Å². The number of halogens is 4. The van der Waals surface area contributed by atoms with E-state index in [2.05, 4.69) is 14.7 Å². The third kappa shape index (κ3) is 5.31. The van der Waals surface area contributed by atoms with E-state index < -0.39 is 23.8 Å². The lowest BCUT2D eigenvalue weighted by molar-refractivity contribution is -0.275. The number of aryl methyl sites for hydroxylation is 1. The Labute approximate surface area is 168 Å². The summed E-state index contributed by atoms with van der Waals surface area (Å²) in [6.07, 6.45) is -2.32. The average Bonchev–Trinajstić information content (AvgIpc) is 2.68. The molecule has 0 spiro atoms. The van der Waals surface area contributed by atoms with Crippen LogP contribution in [0.25, 0.3) is 0 Å². The lowest BCUT2D eigenvalue weighted by atomic mass is 9.88. The number of rotatable bonds is 6. The smallest absolute Gasteiger partial charge is 0.403 e. The van der Waals surface area contributed by atoms with E-state index in [1.807, 2.05) is 6.92 Å². The summed E-state index contributed by atoms with van der Waals surface area (Å²) < 4.78 is 55.1. The molecule has 0 amide bonds. The highest BCUT2D eigenvalue weighted by Gasteiger charge is 2.32. The zero-order valence-electron chi connectivity index (χ0n) is 15.7. The first-order chi connectivity index (χ1) is 14.1. The predicted octanol–water partition coefficient (Wildman–Crippen LogP) is 4.52. The fraction of sp³-hybridized carbons (Fsp3) is 0.190. The average molecular weight is 420 g/mol. The van der Waals surface area contributed by atoms with Crippen LogP contribution in [0.2, 0.25) is 0 Å². The Balaban J connectivity index is 1.96. The number of ether oxygens (including phenoxy) is 1. The molecule has 30 heavy (non-hydrogen) atoms. The number of carbonyl (C=O) groups excluding carboxylic acids is 1. The number of hydrogen-bond donors (Lipinski definition) is 1. The molecule has 1 atom stereocenters. The van der Waals surface area contributed by atoms with Crippen molar-refractivity contribution in [2.24, 2.45) is 0 Å². The third-order valence-corrected chi connectivity index (χ3v) is 4.37. The van der Waals surface area contributed by atoms with Crippen molar-refractivity contribution < 1.29 is 27.1 Å². The molecule has 156 valence electrons. The minimum absolute atomic E-state index is 0.138. The molecule has 3 rings (SSSR count). The maximum Gasteiger partial charge on any atom is 0.573 e. The summed E-state index contributed by atoms with van der Waals surface area (Å²) in [6, 6.07) is 9.01. The van der Waals surface area contributed by atoms with Crippen molar-refractivity contribution in [1.29, 1.82) is 0 Å². The molecule has 0 radical (unpaired) electrons. The molecule has 1 unspecified atom stereocenters. The van der Waals surface area contributed by atoms with Gasteiger partial charge in [-0.1, -0.05) is 12.1 Å². The molecule has 5 nitrogen and oxygen atoms in total.